The smallest absolute Gasteiger partial charge is 0.280 e. The lowest BCUT2D eigenvalue weighted by Crippen LogP contribution is -3.08. The van der Waals surface area contributed by atoms with Gasteiger partial charge in [0.25, 0.3) is 11.8 Å². The van der Waals surface area contributed by atoms with Crippen molar-refractivity contribution >= 4 is 28.2 Å². The summed E-state index contributed by atoms with van der Waals surface area (Å²) in [5, 5.41) is 3.45. The van der Waals surface area contributed by atoms with Crippen molar-refractivity contribution in [2.75, 3.05) is 18.9 Å². The van der Waals surface area contributed by atoms with E-state index in [9.17, 15) is 9.59 Å². The van der Waals surface area contributed by atoms with Gasteiger partial charge in [0, 0.05) is 4.88 Å². The lowest BCUT2D eigenvalue weighted by molar-refractivity contribution is -0.886. The number of fused-ring (bicyclic) bond motifs is 1. The lowest BCUT2D eigenvalue weighted by Gasteiger charge is -2.12. The van der Waals surface area contributed by atoms with E-state index in [1.54, 1.807) is 6.26 Å². The maximum Gasteiger partial charge on any atom is 0.280 e. The van der Waals surface area contributed by atoms with Crippen molar-refractivity contribution in [3.63, 3.8) is 0 Å². The fourth-order valence-electron chi connectivity index (χ4n) is 2.97. The fraction of sp³-hybridized carbons (Fsp3) is 0.375. The number of carbonyl (C=O) groups excluding carboxylic acids is 2. The van der Waals surface area contributed by atoms with Crippen molar-refractivity contribution in [2.45, 2.75) is 25.8 Å². The molecule has 2 heterocycles. The average Bonchev–Trinajstić information content (AvgIpc) is 3.14. The highest BCUT2D eigenvalue weighted by Crippen LogP contribution is 2.38. The molecule has 0 spiro atoms. The Morgan fingerprint density at radius 1 is 1.43 bits per heavy atom. The van der Waals surface area contributed by atoms with Crippen molar-refractivity contribution in [1.29, 1.82) is 0 Å². The number of anilines is 1. The van der Waals surface area contributed by atoms with Gasteiger partial charge in [-0.25, -0.2) is 0 Å². The first kappa shape index (κ1) is 15.8. The number of hydrogen-bond donors (Lipinski definition) is 3. The van der Waals surface area contributed by atoms with E-state index < -0.39 is 5.91 Å². The largest absolute Gasteiger partial charge is 0.463 e. The lowest BCUT2D eigenvalue weighted by atomic mass is 10.1. The molecular weight excluding hydrogens is 314 g/mol. The number of likely N-dealkylation sites (N-methyl/N-ethyl adjacent to an activating group) is 1. The standard InChI is InChI=1S/C16H19N3O3S/c1-19(8-10-4-3-7-22-10)9-13(20)18-16-14(15(17)21)11-5-2-6-12(11)23-16/h3-4,7H,2,5-6,8-9H2,1H3,(H2,17,21)(H,18,20)/p+1. The predicted molar refractivity (Wildman–Crippen MR) is 87.7 cm³/mol. The van der Waals surface area contributed by atoms with Crippen LogP contribution in [-0.2, 0) is 24.2 Å². The molecule has 1 aliphatic rings. The van der Waals surface area contributed by atoms with E-state index in [2.05, 4.69) is 5.32 Å². The summed E-state index contributed by atoms with van der Waals surface area (Å²) in [6.45, 7) is 0.922. The zero-order valence-corrected chi connectivity index (χ0v) is 13.8. The van der Waals surface area contributed by atoms with Gasteiger partial charge >= 0.3 is 0 Å². The normalized spacial score (nSPS) is 14.5. The second kappa shape index (κ2) is 6.55. The van der Waals surface area contributed by atoms with E-state index in [1.165, 1.54) is 16.2 Å². The van der Waals surface area contributed by atoms with Crippen LogP contribution in [0.5, 0.6) is 0 Å². The van der Waals surface area contributed by atoms with Crippen LogP contribution in [0.3, 0.4) is 0 Å². The maximum atomic E-state index is 12.2. The summed E-state index contributed by atoms with van der Waals surface area (Å²) >= 11 is 1.48. The van der Waals surface area contributed by atoms with E-state index >= 15 is 0 Å². The topological polar surface area (TPSA) is 89.8 Å². The highest BCUT2D eigenvalue weighted by molar-refractivity contribution is 7.17. The molecule has 1 atom stereocenters. The van der Waals surface area contributed by atoms with Gasteiger partial charge in [0.1, 0.15) is 11.5 Å². The van der Waals surface area contributed by atoms with Crippen LogP contribution in [-0.4, -0.2) is 25.4 Å². The van der Waals surface area contributed by atoms with Gasteiger partial charge in [-0.2, -0.15) is 0 Å². The first-order valence-electron chi connectivity index (χ1n) is 7.62. The Bertz CT molecular complexity index is 721. The van der Waals surface area contributed by atoms with E-state index in [0.29, 0.717) is 23.7 Å². The Kier molecular flexibility index (Phi) is 4.49. The number of nitrogens with one attached hydrogen (secondary N) is 2. The minimum absolute atomic E-state index is 0.128. The SMILES string of the molecule is C[NH+](CC(=O)Nc1sc2c(c1C(N)=O)CCC2)Cc1ccco1. The van der Waals surface area contributed by atoms with Crippen LogP contribution in [0.2, 0.25) is 0 Å². The number of aryl methyl sites for hydroxylation is 1. The van der Waals surface area contributed by atoms with Crippen molar-refractivity contribution < 1.29 is 18.9 Å². The molecule has 4 N–H and O–H groups in total. The minimum atomic E-state index is -0.462. The number of thiophene rings is 1. The molecular formula is C16H20N3O3S+. The summed E-state index contributed by atoms with van der Waals surface area (Å²) in [6, 6.07) is 3.71. The number of rotatable bonds is 6. The number of quaternary nitrogens is 1. The summed E-state index contributed by atoms with van der Waals surface area (Å²) in [6.07, 6.45) is 4.49. The summed E-state index contributed by atoms with van der Waals surface area (Å²) in [4.78, 5) is 26.1. The van der Waals surface area contributed by atoms with Crippen molar-refractivity contribution in [3.8, 4) is 0 Å². The van der Waals surface area contributed by atoms with Gasteiger partial charge in [0.05, 0.1) is 18.9 Å². The molecule has 1 aliphatic carbocycles. The van der Waals surface area contributed by atoms with Gasteiger partial charge in [-0.05, 0) is 37.0 Å². The van der Waals surface area contributed by atoms with Crippen LogP contribution < -0.4 is 16.0 Å². The molecule has 0 saturated heterocycles. The van der Waals surface area contributed by atoms with Crippen LogP contribution >= 0.6 is 11.3 Å². The summed E-state index contributed by atoms with van der Waals surface area (Å²) in [7, 11) is 1.92. The molecule has 3 rings (SSSR count). The summed E-state index contributed by atoms with van der Waals surface area (Å²) in [5.41, 5.74) is 7.02. The van der Waals surface area contributed by atoms with Crippen LogP contribution in [0.1, 0.15) is 33.0 Å². The molecule has 0 aliphatic heterocycles. The van der Waals surface area contributed by atoms with Gasteiger partial charge in [-0.3, -0.25) is 9.59 Å². The quantitative estimate of drug-likeness (QED) is 0.722. The number of amides is 2. The molecule has 0 radical (unpaired) electrons. The molecule has 122 valence electrons. The highest BCUT2D eigenvalue weighted by Gasteiger charge is 2.26. The third-order valence-electron chi connectivity index (χ3n) is 3.94. The molecule has 7 heteroatoms. The summed E-state index contributed by atoms with van der Waals surface area (Å²) in [5.74, 6) is 0.246. The van der Waals surface area contributed by atoms with E-state index in [0.717, 1.165) is 35.5 Å². The molecule has 2 aromatic heterocycles. The van der Waals surface area contributed by atoms with Crippen LogP contribution in [0.25, 0.3) is 0 Å². The third kappa shape index (κ3) is 3.46. The monoisotopic (exact) mass is 334 g/mol. The third-order valence-corrected chi connectivity index (χ3v) is 5.15. The second-order valence-corrected chi connectivity index (χ2v) is 6.97. The van der Waals surface area contributed by atoms with Gasteiger partial charge < -0.3 is 20.4 Å². The Hall–Kier alpha value is -2.12. The molecule has 2 amide bonds. The molecule has 1 unspecified atom stereocenters. The number of nitrogens with two attached hydrogens (primary N) is 1. The zero-order chi connectivity index (χ0) is 16.4. The van der Waals surface area contributed by atoms with Gasteiger partial charge in [0.2, 0.25) is 0 Å². The number of hydrogen-bond acceptors (Lipinski definition) is 4. The number of carbonyl (C=O) groups is 2. The first-order valence-corrected chi connectivity index (χ1v) is 8.44. The Morgan fingerprint density at radius 3 is 2.96 bits per heavy atom. The molecule has 0 bridgehead atoms. The zero-order valence-electron chi connectivity index (χ0n) is 13.0. The van der Waals surface area contributed by atoms with Crippen molar-refractivity contribution in [1.82, 2.24) is 0 Å². The Labute approximate surface area is 138 Å². The van der Waals surface area contributed by atoms with Gasteiger partial charge in [0.15, 0.2) is 12.3 Å². The molecule has 0 saturated carbocycles. The molecule has 0 fully saturated rings. The van der Waals surface area contributed by atoms with Gasteiger partial charge in [-0.1, -0.05) is 0 Å². The Morgan fingerprint density at radius 2 is 2.26 bits per heavy atom. The molecule has 0 aromatic carbocycles. The Balaban J connectivity index is 1.65. The number of primary amides is 1. The maximum absolute atomic E-state index is 12.2. The number of furan rings is 1. The van der Waals surface area contributed by atoms with E-state index in [1.807, 2.05) is 19.2 Å². The van der Waals surface area contributed by atoms with E-state index in [4.69, 9.17) is 10.2 Å². The van der Waals surface area contributed by atoms with Crippen LogP contribution in [0.15, 0.2) is 22.8 Å². The van der Waals surface area contributed by atoms with Crippen molar-refractivity contribution in [2.24, 2.45) is 5.73 Å². The fourth-order valence-corrected chi connectivity index (χ4v) is 4.28. The minimum Gasteiger partial charge on any atom is -0.463 e. The second-order valence-electron chi connectivity index (χ2n) is 5.86. The van der Waals surface area contributed by atoms with Crippen LogP contribution in [0.4, 0.5) is 5.00 Å². The molecule has 6 nitrogen and oxygen atoms in total. The average molecular weight is 334 g/mol. The molecule has 23 heavy (non-hydrogen) atoms. The predicted octanol–water partition coefficient (Wildman–Crippen LogP) is 0.582. The van der Waals surface area contributed by atoms with Gasteiger partial charge in [-0.15, -0.1) is 11.3 Å². The molecule has 2 aromatic rings. The first-order chi connectivity index (χ1) is 11.0. The van der Waals surface area contributed by atoms with E-state index in [-0.39, 0.29) is 5.91 Å². The van der Waals surface area contributed by atoms with Crippen molar-refractivity contribution in [3.05, 3.63) is 40.2 Å². The summed E-state index contributed by atoms with van der Waals surface area (Å²) < 4.78 is 5.28. The van der Waals surface area contributed by atoms with Crippen LogP contribution in [0, 0.1) is 0 Å². The highest BCUT2D eigenvalue weighted by atomic mass is 32.1.